The summed E-state index contributed by atoms with van der Waals surface area (Å²) in [6, 6.07) is 6.54. The molecule has 0 unspecified atom stereocenters. The molecule has 0 spiro atoms. The van der Waals surface area contributed by atoms with E-state index in [1.807, 2.05) is 14.0 Å². The largest absolute Gasteiger partial charge is 0.370 e. The van der Waals surface area contributed by atoms with Gasteiger partial charge in [-0.2, -0.15) is 0 Å². The number of rotatable bonds is 7. The Morgan fingerprint density at radius 1 is 1.40 bits per heavy atom. The second-order valence-corrected chi connectivity index (χ2v) is 4.95. The molecule has 1 aromatic carbocycles. The molecule has 0 saturated heterocycles. The molecule has 3 N–H and O–H groups in total. The maximum atomic E-state index is 12.8. The van der Waals surface area contributed by atoms with E-state index in [0.717, 1.165) is 24.2 Å². The van der Waals surface area contributed by atoms with Crippen LogP contribution < -0.4 is 11.1 Å². The minimum atomic E-state index is -0.209. The molecule has 20 heavy (non-hydrogen) atoms. The summed E-state index contributed by atoms with van der Waals surface area (Å²) >= 11 is 0. The highest BCUT2D eigenvalue weighted by molar-refractivity contribution is 5.77. The first-order chi connectivity index (χ1) is 9.47. The molecule has 0 aliphatic rings. The topological polar surface area (TPSA) is 53.6 Å². The summed E-state index contributed by atoms with van der Waals surface area (Å²) in [7, 11) is 2.01. The Bertz CT molecular complexity index is 453. The maximum absolute atomic E-state index is 12.8. The molecule has 0 atom stereocenters. The summed E-state index contributed by atoms with van der Waals surface area (Å²) in [4.78, 5) is 6.27. The third-order valence-electron chi connectivity index (χ3n) is 2.68. The van der Waals surface area contributed by atoms with Crippen LogP contribution in [0.25, 0.3) is 0 Å². The number of nitrogens with two attached hydrogens (primary N) is 1. The lowest BCUT2D eigenvalue weighted by molar-refractivity contribution is 0.331. The van der Waals surface area contributed by atoms with Crippen molar-refractivity contribution < 1.29 is 4.39 Å². The van der Waals surface area contributed by atoms with Crippen molar-refractivity contribution in [2.75, 3.05) is 26.7 Å². The van der Waals surface area contributed by atoms with Crippen molar-refractivity contribution in [3.05, 3.63) is 47.8 Å². The number of guanidine groups is 1. The lowest BCUT2D eigenvalue weighted by atomic mass is 10.2. The first-order valence-electron chi connectivity index (χ1n) is 6.58. The van der Waals surface area contributed by atoms with Gasteiger partial charge in [0.05, 0.1) is 6.54 Å². The van der Waals surface area contributed by atoms with Crippen LogP contribution in [0.4, 0.5) is 4.39 Å². The molecule has 0 saturated carbocycles. The SMILES string of the molecule is C=C(C)CN=C(N)NCCN(C)Cc1ccc(F)cc1. The summed E-state index contributed by atoms with van der Waals surface area (Å²) in [5.74, 6) is 0.225. The van der Waals surface area contributed by atoms with Crippen LogP contribution in [0.15, 0.2) is 41.4 Å². The molecular weight excluding hydrogens is 255 g/mol. The van der Waals surface area contributed by atoms with Crippen molar-refractivity contribution in [3.63, 3.8) is 0 Å². The van der Waals surface area contributed by atoms with Gasteiger partial charge in [0, 0.05) is 19.6 Å². The second kappa shape index (κ2) is 8.32. The van der Waals surface area contributed by atoms with E-state index in [1.54, 1.807) is 12.1 Å². The fraction of sp³-hybridized carbons (Fsp3) is 0.400. The predicted octanol–water partition coefficient (Wildman–Crippen LogP) is 1.74. The number of benzene rings is 1. The van der Waals surface area contributed by atoms with E-state index in [1.165, 1.54) is 12.1 Å². The van der Waals surface area contributed by atoms with Crippen molar-refractivity contribution >= 4 is 5.96 Å². The van der Waals surface area contributed by atoms with Crippen LogP contribution in [0.5, 0.6) is 0 Å². The van der Waals surface area contributed by atoms with Crippen molar-refractivity contribution in [2.45, 2.75) is 13.5 Å². The Kier molecular flexibility index (Phi) is 6.73. The first kappa shape index (κ1) is 16.2. The molecule has 0 heterocycles. The molecule has 0 aliphatic heterocycles. The summed E-state index contributed by atoms with van der Waals surface area (Å²) in [6.07, 6.45) is 0. The van der Waals surface area contributed by atoms with Crippen LogP contribution in [0.3, 0.4) is 0 Å². The van der Waals surface area contributed by atoms with Gasteiger partial charge in [-0.1, -0.05) is 24.3 Å². The van der Waals surface area contributed by atoms with Gasteiger partial charge < -0.3 is 16.0 Å². The van der Waals surface area contributed by atoms with E-state index in [2.05, 4.69) is 21.8 Å². The van der Waals surface area contributed by atoms with E-state index in [4.69, 9.17) is 5.73 Å². The first-order valence-corrected chi connectivity index (χ1v) is 6.58. The zero-order valence-electron chi connectivity index (χ0n) is 12.2. The zero-order valence-corrected chi connectivity index (χ0v) is 12.2. The minimum Gasteiger partial charge on any atom is -0.370 e. The van der Waals surface area contributed by atoms with Crippen LogP contribution in [0.1, 0.15) is 12.5 Å². The number of halogens is 1. The molecule has 4 nitrogen and oxygen atoms in total. The lowest BCUT2D eigenvalue weighted by Crippen LogP contribution is -2.37. The van der Waals surface area contributed by atoms with Gasteiger partial charge in [-0.3, -0.25) is 0 Å². The van der Waals surface area contributed by atoms with Gasteiger partial charge in [0.1, 0.15) is 5.82 Å². The molecule has 1 aromatic rings. The summed E-state index contributed by atoms with van der Waals surface area (Å²) in [5, 5.41) is 3.05. The molecule has 0 fully saturated rings. The van der Waals surface area contributed by atoms with Gasteiger partial charge in [-0.25, -0.2) is 9.38 Å². The molecule has 110 valence electrons. The summed E-state index contributed by atoms with van der Waals surface area (Å²) in [5.41, 5.74) is 7.77. The molecule has 1 rings (SSSR count). The molecule has 0 aromatic heterocycles. The molecular formula is C15H23FN4. The van der Waals surface area contributed by atoms with E-state index in [9.17, 15) is 4.39 Å². The van der Waals surface area contributed by atoms with Gasteiger partial charge >= 0.3 is 0 Å². The normalized spacial score (nSPS) is 11.7. The Hall–Kier alpha value is -1.88. The third kappa shape index (κ3) is 6.89. The van der Waals surface area contributed by atoms with Gasteiger partial charge in [-0.15, -0.1) is 0 Å². The number of hydrogen-bond donors (Lipinski definition) is 2. The molecule has 0 amide bonds. The van der Waals surface area contributed by atoms with Crippen molar-refractivity contribution in [2.24, 2.45) is 10.7 Å². The Morgan fingerprint density at radius 2 is 2.05 bits per heavy atom. The highest BCUT2D eigenvalue weighted by Crippen LogP contribution is 2.04. The minimum absolute atomic E-state index is 0.209. The van der Waals surface area contributed by atoms with Gasteiger partial charge in [0.25, 0.3) is 0 Å². The molecule has 0 aliphatic carbocycles. The van der Waals surface area contributed by atoms with E-state index in [-0.39, 0.29) is 5.82 Å². The standard InChI is InChI=1S/C15H23FN4/c1-12(2)10-19-15(17)18-8-9-20(3)11-13-4-6-14(16)7-5-13/h4-7H,1,8-11H2,2-3H3,(H3,17,18,19). The number of aliphatic imine (C=N–C) groups is 1. The van der Waals surface area contributed by atoms with Crippen molar-refractivity contribution in [1.82, 2.24) is 10.2 Å². The Balaban J connectivity index is 2.26. The van der Waals surface area contributed by atoms with Gasteiger partial charge in [0.2, 0.25) is 0 Å². The van der Waals surface area contributed by atoms with Crippen molar-refractivity contribution in [1.29, 1.82) is 0 Å². The summed E-state index contributed by atoms with van der Waals surface area (Å²) in [6.45, 7) is 8.52. The third-order valence-corrected chi connectivity index (χ3v) is 2.68. The number of likely N-dealkylation sites (N-methyl/N-ethyl adjacent to an activating group) is 1. The molecule has 0 bridgehead atoms. The Morgan fingerprint density at radius 3 is 2.65 bits per heavy atom. The van der Waals surface area contributed by atoms with Gasteiger partial charge in [-0.05, 0) is 31.7 Å². The number of hydrogen-bond acceptors (Lipinski definition) is 2. The van der Waals surface area contributed by atoms with Crippen LogP contribution in [0, 0.1) is 5.82 Å². The molecule has 5 heteroatoms. The second-order valence-electron chi connectivity index (χ2n) is 4.95. The predicted molar refractivity (Wildman–Crippen MR) is 82.0 cm³/mol. The highest BCUT2D eigenvalue weighted by atomic mass is 19.1. The average Bonchev–Trinajstić information content (AvgIpc) is 2.39. The maximum Gasteiger partial charge on any atom is 0.188 e. The van der Waals surface area contributed by atoms with Crippen LogP contribution >= 0.6 is 0 Å². The van der Waals surface area contributed by atoms with E-state index < -0.39 is 0 Å². The quantitative estimate of drug-likeness (QED) is 0.454. The van der Waals surface area contributed by atoms with E-state index >= 15 is 0 Å². The van der Waals surface area contributed by atoms with Crippen LogP contribution in [-0.2, 0) is 6.54 Å². The number of nitrogens with zero attached hydrogens (tertiary/aromatic N) is 2. The summed E-state index contributed by atoms with van der Waals surface area (Å²) < 4.78 is 12.8. The smallest absolute Gasteiger partial charge is 0.188 e. The van der Waals surface area contributed by atoms with E-state index in [0.29, 0.717) is 19.0 Å². The zero-order chi connectivity index (χ0) is 15.0. The van der Waals surface area contributed by atoms with Crippen LogP contribution in [0.2, 0.25) is 0 Å². The fourth-order valence-electron chi connectivity index (χ4n) is 1.63. The molecule has 0 radical (unpaired) electrons. The number of nitrogens with one attached hydrogen (secondary N) is 1. The monoisotopic (exact) mass is 278 g/mol. The lowest BCUT2D eigenvalue weighted by Gasteiger charge is -2.17. The van der Waals surface area contributed by atoms with Crippen molar-refractivity contribution in [3.8, 4) is 0 Å². The average molecular weight is 278 g/mol. The fourth-order valence-corrected chi connectivity index (χ4v) is 1.63. The highest BCUT2D eigenvalue weighted by Gasteiger charge is 2.01. The van der Waals surface area contributed by atoms with Gasteiger partial charge in [0.15, 0.2) is 5.96 Å². The Labute approximate surface area is 120 Å². The van der Waals surface area contributed by atoms with Crippen LogP contribution in [-0.4, -0.2) is 37.5 Å².